The van der Waals surface area contributed by atoms with Gasteiger partial charge in [0.25, 0.3) is 0 Å². The highest BCUT2D eigenvalue weighted by Gasteiger charge is 2.05. The maximum Gasteiger partial charge on any atom is 0.242 e. The third-order valence-electron chi connectivity index (χ3n) is 4.08. The molecule has 29 heavy (non-hydrogen) atoms. The van der Waals surface area contributed by atoms with Crippen molar-refractivity contribution in [3.8, 4) is 5.75 Å². The van der Waals surface area contributed by atoms with Gasteiger partial charge in [0.2, 0.25) is 5.91 Å². The lowest BCUT2D eigenvalue weighted by atomic mass is 10.2. The lowest BCUT2D eigenvalue weighted by Crippen LogP contribution is -2.39. The molecule has 1 aromatic heterocycles. The fourth-order valence-corrected chi connectivity index (χ4v) is 3.36. The van der Waals surface area contributed by atoms with Crippen molar-refractivity contribution in [1.82, 2.24) is 20.9 Å². The molecule has 0 bridgehead atoms. The van der Waals surface area contributed by atoms with Crippen molar-refractivity contribution < 1.29 is 9.53 Å². The molecule has 1 heterocycles. The maximum absolute atomic E-state index is 12.1. The molecule has 3 N–H and O–H groups in total. The topological polar surface area (TPSA) is 87.6 Å². The third-order valence-corrected chi connectivity index (χ3v) is 5.21. The first kappa shape index (κ1) is 25.2. The number of aliphatic imine (C=N–C) groups is 1. The van der Waals surface area contributed by atoms with Crippen LogP contribution in [0, 0.1) is 13.8 Å². The van der Waals surface area contributed by atoms with Gasteiger partial charge in [0.1, 0.15) is 12.3 Å². The van der Waals surface area contributed by atoms with Crippen molar-refractivity contribution in [2.45, 2.75) is 33.7 Å². The second-order valence-corrected chi connectivity index (χ2v) is 7.53. The standard InChI is InChI=1S/C20H29N5O2S.HI/c1-5-21-20(22-11-10-19-25-14(2)15(3)28-19)24-13-18(26)23-12-16-6-8-17(27-4)9-7-16;/h6-9H,5,10-13H2,1-4H3,(H,23,26)(H2,21,22,24);1H. The van der Waals surface area contributed by atoms with E-state index < -0.39 is 0 Å². The van der Waals surface area contributed by atoms with Crippen LogP contribution in [0.25, 0.3) is 0 Å². The molecular formula is C20H30IN5O2S. The Balaban J connectivity index is 0.00000420. The molecular weight excluding hydrogens is 501 g/mol. The first-order chi connectivity index (χ1) is 13.5. The predicted molar refractivity (Wildman–Crippen MR) is 130 cm³/mol. The number of thiazole rings is 1. The van der Waals surface area contributed by atoms with E-state index in [-0.39, 0.29) is 36.4 Å². The second kappa shape index (κ2) is 13.4. The van der Waals surface area contributed by atoms with Gasteiger partial charge in [-0.1, -0.05) is 12.1 Å². The van der Waals surface area contributed by atoms with Crippen molar-refractivity contribution in [3.05, 3.63) is 45.4 Å². The summed E-state index contributed by atoms with van der Waals surface area (Å²) < 4.78 is 5.13. The Bertz CT molecular complexity index is 773. The SMILES string of the molecule is CCNC(=NCC(=O)NCc1ccc(OC)cc1)NCCc1nc(C)c(C)s1.I. The number of hydrogen-bond acceptors (Lipinski definition) is 5. The van der Waals surface area contributed by atoms with Crippen molar-refractivity contribution in [2.75, 3.05) is 26.7 Å². The van der Waals surface area contributed by atoms with Gasteiger partial charge >= 0.3 is 0 Å². The summed E-state index contributed by atoms with van der Waals surface area (Å²) in [6.45, 7) is 8.08. The Hall–Kier alpha value is -1.88. The third kappa shape index (κ3) is 8.99. The van der Waals surface area contributed by atoms with Gasteiger partial charge in [-0.3, -0.25) is 4.79 Å². The van der Waals surface area contributed by atoms with Crippen LogP contribution >= 0.6 is 35.3 Å². The molecule has 0 unspecified atom stereocenters. The molecule has 0 saturated heterocycles. The van der Waals surface area contributed by atoms with E-state index in [0.29, 0.717) is 19.0 Å². The van der Waals surface area contributed by atoms with Crippen molar-refractivity contribution in [1.29, 1.82) is 0 Å². The number of amides is 1. The van der Waals surface area contributed by atoms with E-state index in [1.807, 2.05) is 38.1 Å². The van der Waals surface area contributed by atoms with Crippen LogP contribution < -0.4 is 20.7 Å². The Morgan fingerprint density at radius 2 is 1.90 bits per heavy atom. The summed E-state index contributed by atoms with van der Waals surface area (Å²) in [7, 11) is 1.63. The summed E-state index contributed by atoms with van der Waals surface area (Å²) in [6, 6.07) is 7.60. The van der Waals surface area contributed by atoms with Gasteiger partial charge in [-0.2, -0.15) is 0 Å². The number of hydrogen-bond donors (Lipinski definition) is 3. The van der Waals surface area contributed by atoms with Crippen LogP contribution in [0.1, 0.15) is 28.1 Å². The molecule has 0 fully saturated rings. The van der Waals surface area contributed by atoms with E-state index >= 15 is 0 Å². The Labute approximate surface area is 193 Å². The van der Waals surface area contributed by atoms with Gasteiger partial charge < -0.3 is 20.7 Å². The van der Waals surface area contributed by atoms with E-state index in [1.165, 1.54) is 4.88 Å². The number of rotatable bonds is 9. The van der Waals surface area contributed by atoms with E-state index in [2.05, 4.69) is 32.9 Å². The van der Waals surface area contributed by atoms with Crippen LogP contribution in [0.2, 0.25) is 0 Å². The van der Waals surface area contributed by atoms with E-state index in [4.69, 9.17) is 4.74 Å². The highest BCUT2D eigenvalue weighted by atomic mass is 127. The summed E-state index contributed by atoms with van der Waals surface area (Å²) in [5.74, 6) is 1.30. The number of aryl methyl sites for hydroxylation is 2. The average molecular weight is 531 g/mol. The normalized spacial score (nSPS) is 10.8. The quantitative estimate of drug-likeness (QED) is 0.263. The zero-order valence-corrected chi connectivity index (χ0v) is 20.5. The number of guanidine groups is 1. The number of carbonyl (C=O) groups excluding carboxylic acids is 1. The lowest BCUT2D eigenvalue weighted by Gasteiger charge is -2.11. The molecule has 2 aromatic rings. The average Bonchev–Trinajstić information content (AvgIpc) is 3.02. The fourth-order valence-electron chi connectivity index (χ4n) is 2.43. The van der Waals surface area contributed by atoms with Crippen LogP contribution in [0.5, 0.6) is 5.75 Å². The zero-order chi connectivity index (χ0) is 20.4. The smallest absolute Gasteiger partial charge is 0.242 e. The summed E-state index contributed by atoms with van der Waals surface area (Å²) in [6.07, 6.45) is 0.827. The Morgan fingerprint density at radius 1 is 1.17 bits per heavy atom. The number of carbonyl (C=O) groups is 1. The molecule has 1 amide bonds. The van der Waals surface area contributed by atoms with Gasteiger partial charge in [0.15, 0.2) is 5.96 Å². The second-order valence-electron chi connectivity index (χ2n) is 6.25. The van der Waals surface area contributed by atoms with Crippen LogP contribution in [0.3, 0.4) is 0 Å². The molecule has 0 saturated carbocycles. The number of methoxy groups -OCH3 is 1. The van der Waals surface area contributed by atoms with Crippen LogP contribution in [-0.2, 0) is 17.8 Å². The molecule has 9 heteroatoms. The number of nitrogens with zero attached hydrogens (tertiary/aromatic N) is 2. The molecule has 0 radical (unpaired) electrons. The number of benzene rings is 1. The molecule has 2 rings (SSSR count). The van der Waals surface area contributed by atoms with Gasteiger partial charge in [-0.25, -0.2) is 9.98 Å². The first-order valence-corrected chi connectivity index (χ1v) is 10.2. The minimum absolute atomic E-state index is 0. The highest BCUT2D eigenvalue weighted by Crippen LogP contribution is 2.16. The minimum atomic E-state index is -0.126. The Kier molecular flexibility index (Phi) is 11.6. The van der Waals surface area contributed by atoms with Crippen molar-refractivity contribution in [3.63, 3.8) is 0 Å². The van der Waals surface area contributed by atoms with E-state index in [9.17, 15) is 4.79 Å². The van der Waals surface area contributed by atoms with Crippen LogP contribution in [0.4, 0.5) is 0 Å². The monoisotopic (exact) mass is 531 g/mol. The lowest BCUT2D eigenvalue weighted by molar-refractivity contribution is -0.119. The molecule has 160 valence electrons. The van der Waals surface area contributed by atoms with Gasteiger partial charge in [-0.05, 0) is 38.5 Å². The van der Waals surface area contributed by atoms with Crippen LogP contribution in [-0.4, -0.2) is 43.6 Å². The summed E-state index contributed by atoms with van der Waals surface area (Å²) in [5.41, 5.74) is 2.10. The summed E-state index contributed by atoms with van der Waals surface area (Å²) in [5, 5.41) is 10.4. The number of aromatic nitrogens is 1. The zero-order valence-electron chi connectivity index (χ0n) is 17.4. The van der Waals surface area contributed by atoms with E-state index in [0.717, 1.165) is 35.0 Å². The summed E-state index contributed by atoms with van der Waals surface area (Å²) in [4.78, 5) is 22.2. The van der Waals surface area contributed by atoms with Crippen molar-refractivity contribution in [2.24, 2.45) is 4.99 Å². The maximum atomic E-state index is 12.1. The predicted octanol–water partition coefficient (Wildman–Crippen LogP) is 2.80. The first-order valence-electron chi connectivity index (χ1n) is 9.36. The molecule has 1 aromatic carbocycles. The molecule has 0 aliphatic heterocycles. The largest absolute Gasteiger partial charge is 0.497 e. The molecule has 7 nitrogen and oxygen atoms in total. The number of ether oxygens (including phenoxy) is 1. The number of halogens is 1. The molecule has 0 spiro atoms. The van der Waals surface area contributed by atoms with Crippen molar-refractivity contribution >= 4 is 47.2 Å². The fraction of sp³-hybridized carbons (Fsp3) is 0.450. The molecule has 0 atom stereocenters. The minimum Gasteiger partial charge on any atom is -0.497 e. The summed E-state index contributed by atoms with van der Waals surface area (Å²) >= 11 is 1.72. The highest BCUT2D eigenvalue weighted by molar-refractivity contribution is 14.0. The van der Waals surface area contributed by atoms with Gasteiger partial charge in [0.05, 0.1) is 17.8 Å². The number of nitrogens with one attached hydrogen (secondary N) is 3. The van der Waals surface area contributed by atoms with Gasteiger partial charge in [0, 0.05) is 30.9 Å². The molecule has 0 aliphatic carbocycles. The van der Waals surface area contributed by atoms with Crippen LogP contribution in [0.15, 0.2) is 29.3 Å². The van der Waals surface area contributed by atoms with E-state index in [1.54, 1.807) is 18.4 Å². The van der Waals surface area contributed by atoms with Gasteiger partial charge in [-0.15, -0.1) is 35.3 Å². The Morgan fingerprint density at radius 3 is 2.48 bits per heavy atom. The molecule has 0 aliphatic rings.